The van der Waals surface area contributed by atoms with Crippen LogP contribution in [0.15, 0.2) is 112 Å². The van der Waals surface area contributed by atoms with Gasteiger partial charge in [0.2, 0.25) is 0 Å². The Balaban J connectivity index is 0.000000248. The van der Waals surface area contributed by atoms with Gasteiger partial charge in [0.15, 0.2) is 11.2 Å². The van der Waals surface area contributed by atoms with Gasteiger partial charge in [-0.2, -0.15) is 0 Å². The second kappa shape index (κ2) is 13.5. The van der Waals surface area contributed by atoms with Crippen molar-refractivity contribution in [3.8, 4) is 0 Å². The monoisotopic (exact) mass is 696 g/mol. The summed E-state index contributed by atoms with van der Waals surface area (Å²) < 4.78 is 0.950. The van der Waals surface area contributed by atoms with Gasteiger partial charge in [0.05, 0.1) is 9.65 Å². The molecule has 38 heavy (non-hydrogen) atoms. The minimum Gasteiger partial charge on any atom is -0.289 e. The van der Waals surface area contributed by atoms with Gasteiger partial charge in [-0.05, 0) is 28.0 Å². The SMILES string of the molecule is C.C.C.O=C1c2ccccc2C(Br)C(Br)c2ccccc21.O=c1c2ccccc2cc(Br)c2ccccc12. The summed E-state index contributed by atoms with van der Waals surface area (Å²) in [6.45, 7) is 0. The first-order valence-corrected chi connectivity index (χ1v) is 13.7. The summed E-state index contributed by atoms with van der Waals surface area (Å²) in [7, 11) is 0. The number of benzene rings is 4. The van der Waals surface area contributed by atoms with Crippen molar-refractivity contribution in [1.82, 2.24) is 0 Å². The Morgan fingerprint density at radius 1 is 0.526 bits per heavy atom. The quantitative estimate of drug-likeness (QED) is 0.151. The van der Waals surface area contributed by atoms with Gasteiger partial charge >= 0.3 is 0 Å². The molecular weight excluding hydrogens is 668 g/mol. The highest BCUT2D eigenvalue weighted by Crippen LogP contribution is 2.47. The van der Waals surface area contributed by atoms with Crippen LogP contribution in [0.25, 0.3) is 21.5 Å². The molecule has 1 aliphatic rings. The average molecular weight is 699 g/mol. The Morgan fingerprint density at radius 3 is 1.50 bits per heavy atom. The summed E-state index contributed by atoms with van der Waals surface area (Å²) >= 11 is 10.9. The van der Waals surface area contributed by atoms with E-state index in [0.717, 1.165) is 48.3 Å². The topological polar surface area (TPSA) is 34.1 Å². The van der Waals surface area contributed by atoms with Crippen LogP contribution in [0.2, 0.25) is 0 Å². The first kappa shape index (κ1) is 31.6. The van der Waals surface area contributed by atoms with E-state index < -0.39 is 0 Å². The number of hydrogen-bond acceptors (Lipinski definition) is 2. The summed E-state index contributed by atoms with van der Waals surface area (Å²) in [5, 5.41) is 3.42. The van der Waals surface area contributed by atoms with Gasteiger partial charge in [-0.25, -0.2) is 0 Å². The van der Waals surface area contributed by atoms with E-state index in [1.807, 2.05) is 103 Å². The molecule has 196 valence electrons. The van der Waals surface area contributed by atoms with E-state index in [-0.39, 0.29) is 43.1 Å². The highest BCUT2D eigenvalue weighted by atomic mass is 79.9. The molecule has 0 aliphatic heterocycles. The number of hydrogen-bond donors (Lipinski definition) is 0. The molecule has 0 aromatic heterocycles. The fourth-order valence-electron chi connectivity index (χ4n) is 4.43. The third-order valence-electron chi connectivity index (χ3n) is 6.18. The summed E-state index contributed by atoms with van der Waals surface area (Å²) in [5.41, 5.74) is 3.74. The van der Waals surface area contributed by atoms with Crippen LogP contribution < -0.4 is 5.43 Å². The van der Waals surface area contributed by atoms with Crippen molar-refractivity contribution in [1.29, 1.82) is 0 Å². The second-order valence-corrected chi connectivity index (χ2v) is 11.1. The smallest absolute Gasteiger partial charge is 0.194 e. The molecule has 2 unspecified atom stereocenters. The molecule has 0 fully saturated rings. The third-order valence-corrected chi connectivity index (χ3v) is 9.59. The number of fused-ring (bicyclic) bond motifs is 4. The molecule has 0 N–H and O–H groups in total. The van der Waals surface area contributed by atoms with E-state index in [1.54, 1.807) is 0 Å². The van der Waals surface area contributed by atoms with Crippen molar-refractivity contribution >= 4 is 75.1 Å². The van der Waals surface area contributed by atoms with Gasteiger partial charge in [0.25, 0.3) is 0 Å². The molecular formula is C33H31Br3O2. The molecule has 0 amide bonds. The average Bonchev–Trinajstić information content (AvgIpc) is 3.06. The summed E-state index contributed by atoms with van der Waals surface area (Å²) in [5.74, 6) is 0.104. The van der Waals surface area contributed by atoms with Crippen molar-refractivity contribution in [2.24, 2.45) is 0 Å². The molecule has 6 rings (SSSR count). The van der Waals surface area contributed by atoms with Crippen LogP contribution >= 0.6 is 47.8 Å². The van der Waals surface area contributed by atoms with Gasteiger partial charge in [-0.1, -0.05) is 167 Å². The maximum absolute atomic E-state index is 12.6. The molecule has 2 atom stereocenters. The molecule has 0 heterocycles. The van der Waals surface area contributed by atoms with Crippen molar-refractivity contribution < 1.29 is 4.79 Å². The van der Waals surface area contributed by atoms with E-state index in [4.69, 9.17) is 0 Å². The Labute approximate surface area is 250 Å². The molecule has 0 saturated carbocycles. The second-order valence-electron chi connectivity index (χ2n) is 8.26. The van der Waals surface area contributed by atoms with Crippen LogP contribution in [0.3, 0.4) is 0 Å². The Hall–Kier alpha value is -2.60. The third kappa shape index (κ3) is 5.85. The molecule has 0 radical (unpaired) electrons. The van der Waals surface area contributed by atoms with E-state index in [9.17, 15) is 9.59 Å². The number of rotatable bonds is 0. The summed E-state index contributed by atoms with van der Waals surface area (Å²) in [6, 6.07) is 32.9. The van der Waals surface area contributed by atoms with Crippen LogP contribution in [0, 0.1) is 0 Å². The minimum atomic E-state index is 0. The number of ketones is 1. The maximum atomic E-state index is 12.6. The van der Waals surface area contributed by atoms with Gasteiger partial charge in [-0.15, -0.1) is 0 Å². The van der Waals surface area contributed by atoms with Crippen molar-refractivity contribution in [2.75, 3.05) is 0 Å². The number of halogens is 3. The highest BCUT2D eigenvalue weighted by Gasteiger charge is 2.31. The lowest BCUT2D eigenvalue weighted by Gasteiger charge is -2.16. The van der Waals surface area contributed by atoms with Gasteiger partial charge in [0, 0.05) is 26.4 Å². The van der Waals surface area contributed by atoms with Crippen molar-refractivity contribution in [3.05, 3.63) is 140 Å². The van der Waals surface area contributed by atoms with Crippen LogP contribution in [0.1, 0.15) is 59.0 Å². The Bertz CT molecular complexity index is 1590. The van der Waals surface area contributed by atoms with Crippen LogP contribution in [0.4, 0.5) is 0 Å². The largest absolute Gasteiger partial charge is 0.289 e. The van der Waals surface area contributed by atoms with Gasteiger partial charge < -0.3 is 0 Å². The van der Waals surface area contributed by atoms with E-state index in [0.29, 0.717) is 0 Å². The van der Waals surface area contributed by atoms with Crippen LogP contribution in [-0.4, -0.2) is 5.78 Å². The molecule has 0 saturated heterocycles. The van der Waals surface area contributed by atoms with Crippen LogP contribution in [-0.2, 0) is 0 Å². The van der Waals surface area contributed by atoms with Gasteiger partial charge in [-0.3, -0.25) is 9.59 Å². The Morgan fingerprint density at radius 2 is 0.947 bits per heavy atom. The summed E-state index contributed by atoms with van der Waals surface area (Å²) in [6.07, 6.45) is 0. The standard InChI is InChI=1S/C15H10Br2O.C15H9BrO.3CH4/c16-13-9-5-1-3-7-11(9)15(18)12-8-4-2-6-10(12)14(13)17;16-14-9-10-5-1-2-6-11(10)15(17)13-8-4-3-7-12(13)14;;;/h1-8,13-14H;1-9H;3*1H4. The molecule has 1 aliphatic carbocycles. The van der Waals surface area contributed by atoms with Crippen molar-refractivity contribution in [3.63, 3.8) is 0 Å². The zero-order chi connectivity index (χ0) is 24.5. The molecule has 0 bridgehead atoms. The van der Waals surface area contributed by atoms with Crippen molar-refractivity contribution in [2.45, 2.75) is 31.9 Å². The zero-order valence-corrected chi connectivity index (χ0v) is 23.2. The van der Waals surface area contributed by atoms with E-state index in [1.165, 1.54) is 0 Å². The normalized spacial score (nSPS) is 15.3. The molecule has 2 nitrogen and oxygen atoms in total. The lowest BCUT2D eigenvalue weighted by atomic mass is 9.99. The fourth-order valence-corrected chi connectivity index (χ4v) is 6.39. The van der Waals surface area contributed by atoms with E-state index in [2.05, 4.69) is 47.8 Å². The predicted octanol–water partition coefficient (Wildman–Crippen LogP) is 10.8. The fraction of sp³-hybridized carbons (Fsp3) is 0.152. The first-order valence-electron chi connectivity index (χ1n) is 11.1. The maximum Gasteiger partial charge on any atom is 0.194 e. The number of carbonyl (C=O) groups excluding carboxylic acids is 1. The first-order chi connectivity index (χ1) is 17.0. The molecule has 0 spiro atoms. The van der Waals surface area contributed by atoms with E-state index >= 15 is 0 Å². The number of carbonyl (C=O) groups is 1. The minimum absolute atomic E-state index is 0. The van der Waals surface area contributed by atoms with Gasteiger partial charge in [0.1, 0.15) is 0 Å². The lowest BCUT2D eigenvalue weighted by Crippen LogP contribution is -2.03. The molecule has 5 aromatic rings. The highest BCUT2D eigenvalue weighted by molar-refractivity contribution is 9.12. The summed E-state index contributed by atoms with van der Waals surface area (Å²) in [4.78, 5) is 25.2. The predicted molar refractivity (Wildman–Crippen MR) is 175 cm³/mol. The lowest BCUT2D eigenvalue weighted by molar-refractivity contribution is 0.103. The number of alkyl halides is 2. The molecule has 5 aromatic carbocycles. The Kier molecular flexibility index (Phi) is 11.2. The zero-order valence-electron chi connectivity index (χ0n) is 18.4. The van der Waals surface area contributed by atoms with Crippen LogP contribution in [0.5, 0.6) is 0 Å². The molecule has 5 heteroatoms.